The Balaban J connectivity index is 1.98. The molecule has 3 heteroatoms. The van der Waals surface area contributed by atoms with Crippen LogP contribution in [0.5, 0.6) is 0 Å². The van der Waals surface area contributed by atoms with Gasteiger partial charge in [0.2, 0.25) is 5.91 Å². The number of likely N-dealkylation sites (N-methyl/N-ethyl adjacent to an activating group) is 1. The second kappa shape index (κ2) is 6.55. The highest BCUT2D eigenvalue weighted by Crippen LogP contribution is 2.17. The van der Waals surface area contributed by atoms with Crippen LogP contribution < -0.4 is 5.32 Å². The van der Waals surface area contributed by atoms with Crippen molar-refractivity contribution in [1.82, 2.24) is 10.2 Å². The van der Waals surface area contributed by atoms with E-state index in [0.717, 1.165) is 31.5 Å². The number of piperidine rings is 1. The Bertz CT molecular complexity index is 375. The number of nitrogens with one attached hydrogen (secondary N) is 1. The molecule has 3 nitrogen and oxygen atoms in total. The lowest BCUT2D eigenvalue weighted by Gasteiger charge is -2.36. The summed E-state index contributed by atoms with van der Waals surface area (Å²) in [5, 5.41) is 3.19. The lowest BCUT2D eigenvalue weighted by molar-refractivity contribution is -0.134. The molecule has 1 aromatic carbocycles. The molecule has 1 aliphatic heterocycles. The third-order valence-corrected chi connectivity index (χ3v) is 3.59. The van der Waals surface area contributed by atoms with Gasteiger partial charge >= 0.3 is 0 Å². The molecule has 0 spiro atoms. The van der Waals surface area contributed by atoms with Gasteiger partial charge in [-0.2, -0.15) is 0 Å². The quantitative estimate of drug-likeness (QED) is 0.879. The number of carbonyl (C=O) groups is 1. The van der Waals surface area contributed by atoms with E-state index in [0.29, 0.717) is 12.5 Å². The molecule has 18 heavy (non-hydrogen) atoms. The van der Waals surface area contributed by atoms with Gasteiger partial charge in [0.1, 0.15) is 0 Å². The van der Waals surface area contributed by atoms with Crippen molar-refractivity contribution in [1.29, 1.82) is 0 Å². The van der Waals surface area contributed by atoms with Crippen molar-refractivity contribution in [2.45, 2.75) is 31.7 Å². The molecule has 98 valence electrons. The maximum atomic E-state index is 12.4. The lowest BCUT2D eigenvalue weighted by Crippen LogP contribution is -2.48. The summed E-state index contributed by atoms with van der Waals surface area (Å²) in [7, 11) is 1.95. The van der Waals surface area contributed by atoms with E-state index in [1.165, 1.54) is 6.42 Å². The molecule has 1 heterocycles. The van der Waals surface area contributed by atoms with E-state index >= 15 is 0 Å². The highest BCUT2D eigenvalue weighted by molar-refractivity contribution is 5.79. The molecule has 1 saturated heterocycles. The minimum atomic E-state index is 0.265. The molecule has 1 aliphatic rings. The molecule has 0 radical (unpaired) electrons. The monoisotopic (exact) mass is 246 g/mol. The van der Waals surface area contributed by atoms with Gasteiger partial charge in [-0.1, -0.05) is 30.3 Å². The van der Waals surface area contributed by atoms with Gasteiger partial charge in [-0.15, -0.1) is 0 Å². The van der Waals surface area contributed by atoms with Gasteiger partial charge in [0.05, 0.1) is 6.42 Å². The summed E-state index contributed by atoms with van der Waals surface area (Å²) in [4.78, 5) is 14.4. The molecule has 1 atom stereocenters. The second-order valence-corrected chi connectivity index (χ2v) is 4.96. The Kier molecular flexibility index (Phi) is 4.76. The van der Waals surface area contributed by atoms with Gasteiger partial charge in [-0.05, 0) is 31.9 Å². The van der Waals surface area contributed by atoms with Crippen LogP contribution in [0.3, 0.4) is 0 Å². The number of amides is 1. The van der Waals surface area contributed by atoms with Crippen LogP contribution >= 0.6 is 0 Å². The van der Waals surface area contributed by atoms with E-state index < -0.39 is 0 Å². The summed E-state index contributed by atoms with van der Waals surface area (Å²) < 4.78 is 0. The van der Waals surface area contributed by atoms with Gasteiger partial charge in [0.25, 0.3) is 0 Å². The molecule has 2 rings (SSSR count). The molecule has 1 unspecified atom stereocenters. The largest absolute Gasteiger partial charge is 0.338 e. The third kappa shape index (κ3) is 3.33. The molecule has 1 aromatic rings. The third-order valence-electron chi connectivity index (χ3n) is 3.59. The average molecular weight is 246 g/mol. The number of rotatable bonds is 4. The highest BCUT2D eigenvalue weighted by Gasteiger charge is 2.25. The van der Waals surface area contributed by atoms with Crippen LogP contribution in [0, 0.1) is 0 Å². The van der Waals surface area contributed by atoms with Crippen molar-refractivity contribution in [3.8, 4) is 0 Å². The lowest BCUT2D eigenvalue weighted by atomic mass is 10.0. The van der Waals surface area contributed by atoms with Crippen molar-refractivity contribution in [2.75, 3.05) is 20.1 Å². The van der Waals surface area contributed by atoms with E-state index in [9.17, 15) is 4.79 Å². The summed E-state index contributed by atoms with van der Waals surface area (Å²) in [6, 6.07) is 10.4. The second-order valence-electron chi connectivity index (χ2n) is 4.96. The zero-order chi connectivity index (χ0) is 12.8. The molecule has 0 aromatic heterocycles. The first kappa shape index (κ1) is 13.1. The smallest absolute Gasteiger partial charge is 0.227 e. The molecule has 1 N–H and O–H groups in total. The van der Waals surface area contributed by atoms with Gasteiger partial charge in [0.15, 0.2) is 0 Å². The predicted octanol–water partition coefficient (Wildman–Crippen LogP) is 1.83. The summed E-state index contributed by atoms with van der Waals surface area (Å²) in [6.07, 6.45) is 4.03. The van der Waals surface area contributed by atoms with Crippen LogP contribution in [0.4, 0.5) is 0 Å². The Morgan fingerprint density at radius 3 is 2.83 bits per heavy atom. The van der Waals surface area contributed by atoms with Gasteiger partial charge in [0, 0.05) is 19.1 Å². The molecule has 1 amide bonds. The highest BCUT2D eigenvalue weighted by atomic mass is 16.2. The van der Waals surface area contributed by atoms with Crippen molar-refractivity contribution in [3.05, 3.63) is 35.9 Å². The van der Waals surface area contributed by atoms with Crippen LogP contribution in [0.2, 0.25) is 0 Å². The standard InChI is InChI=1S/C15H22N2O/c1-16-12-14-9-5-6-10-17(14)15(18)11-13-7-3-2-4-8-13/h2-4,7-8,14,16H,5-6,9-12H2,1H3. The minimum Gasteiger partial charge on any atom is -0.338 e. The van der Waals surface area contributed by atoms with E-state index in [2.05, 4.69) is 10.2 Å². The van der Waals surface area contributed by atoms with Gasteiger partial charge in [-0.3, -0.25) is 4.79 Å². The normalized spacial score (nSPS) is 19.8. The van der Waals surface area contributed by atoms with Crippen molar-refractivity contribution < 1.29 is 4.79 Å². The summed E-state index contributed by atoms with van der Waals surface area (Å²) in [5.74, 6) is 0.265. The predicted molar refractivity (Wildman–Crippen MR) is 73.4 cm³/mol. The fourth-order valence-electron chi connectivity index (χ4n) is 2.65. The Morgan fingerprint density at radius 1 is 1.33 bits per heavy atom. The van der Waals surface area contributed by atoms with Crippen LogP contribution in [-0.4, -0.2) is 37.0 Å². The molecular formula is C15H22N2O. The van der Waals surface area contributed by atoms with Crippen LogP contribution in [-0.2, 0) is 11.2 Å². The van der Waals surface area contributed by atoms with E-state index in [4.69, 9.17) is 0 Å². The van der Waals surface area contributed by atoms with Crippen molar-refractivity contribution in [3.63, 3.8) is 0 Å². The van der Waals surface area contributed by atoms with E-state index in [-0.39, 0.29) is 5.91 Å². The van der Waals surface area contributed by atoms with Gasteiger partial charge < -0.3 is 10.2 Å². The number of carbonyl (C=O) groups excluding carboxylic acids is 1. The fraction of sp³-hybridized carbons (Fsp3) is 0.533. The van der Waals surface area contributed by atoms with Crippen molar-refractivity contribution >= 4 is 5.91 Å². The molecular weight excluding hydrogens is 224 g/mol. The Hall–Kier alpha value is -1.35. The van der Waals surface area contributed by atoms with Crippen LogP contribution in [0.15, 0.2) is 30.3 Å². The van der Waals surface area contributed by atoms with Gasteiger partial charge in [-0.25, -0.2) is 0 Å². The number of likely N-dealkylation sites (tertiary alicyclic amines) is 1. The van der Waals surface area contributed by atoms with Crippen LogP contribution in [0.25, 0.3) is 0 Å². The maximum absolute atomic E-state index is 12.4. The molecule has 0 saturated carbocycles. The zero-order valence-corrected chi connectivity index (χ0v) is 11.1. The first-order valence-corrected chi connectivity index (χ1v) is 6.79. The van der Waals surface area contributed by atoms with Crippen molar-refractivity contribution in [2.24, 2.45) is 0 Å². The number of hydrogen-bond donors (Lipinski definition) is 1. The topological polar surface area (TPSA) is 32.3 Å². The first-order valence-electron chi connectivity index (χ1n) is 6.79. The Morgan fingerprint density at radius 2 is 2.11 bits per heavy atom. The number of benzene rings is 1. The zero-order valence-electron chi connectivity index (χ0n) is 11.1. The Labute approximate surface area is 109 Å². The summed E-state index contributed by atoms with van der Waals surface area (Å²) >= 11 is 0. The summed E-state index contributed by atoms with van der Waals surface area (Å²) in [5.41, 5.74) is 1.11. The molecule has 0 bridgehead atoms. The molecule has 1 fully saturated rings. The fourth-order valence-corrected chi connectivity index (χ4v) is 2.65. The maximum Gasteiger partial charge on any atom is 0.227 e. The first-order chi connectivity index (χ1) is 8.81. The minimum absolute atomic E-state index is 0.265. The number of nitrogens with zero attached hydrogens (tertiary/aromatic N) is 1. The average Bonchev–Trinajstić information content (AvgIpc) is 2.41. The SMILES string of the molecule is CNCC1CCCCN1C(=O)Cc1ccccc1. The number of hydrogen-bond acceptors (Lipinski definition) is 2. The summed E-state index contributed by atoms with van der Waals surface area (Å²) in [6.45, 7) is 1.82. The molecule has 0 aliphatic carbocycles. The van der Waals surface area contributed by atoms with Crippen LogP contribution in [0.1, 0.15) is 24.8 Å². The van der Waals surface area contributed by atoms with E-state index in [1.807, 2.05) is 37.4 Å². The van der Waals surface area contributed by atoms with E-state index in [1.54, 1.807) is 0 Å².